The summed E-state index contributed by atoms with van der Waals surface area (Å²) in [6.07, 6.45) is 1.06. The third-order valence-electron chi connectivity index (χ3n) is 6.45. The summed E-state index contributed by atoms with van der Waals surface area (Å²) in [5, 5.41) is 5.59. The van der Waals surface area contributed by atoms with E-state index in [1.807, 2.05) is 44.2 Å². The number of nitrogens with zero attached hydrogens (tertiary/aromatic N) is 1. The topological polar surface area (TPSA) is 105 Å². The van der Waals surface area contributed by atoms with Gasteiger partial charge in [-0.25, -0.2) is 0 Å². The molecule has 2 aromatic rings. The Morgan fingerprint density at radius 3 is 2.38 bits per heavy atom. The number of carbonyl (C=O) groups is 4. The molecule has 37 heavy (non-hydrogen) atoms. The first-order valence-corrected chi connectivity index (χ1v) is 13.3. The van der Waals surface area contributed by atoms with Crippen molar-refractivity contribution in [3.05, 3.63) is 70.2 Å². The molecule has 0 bridgehead atoms. The molecular formula is C28H34BrN3O5. The van der Waals surface area contributed by atoms with E-state index in [4.69, 9.17) is 4.74 Å². The predicted molar refractivity (Wildman–Crippen MR) is 144 cm³/mol. The monoisotopic (exact) mass is 571 g/mol. The smallest absolute Gasteiger partial charge is 0.253 e. The van der Waals surface area contributed by atoms with Gasteiger partial charge in [-0.1, -0.05) is 63.2 Å². The Balaban J connectivity index is 1.80. The second-order valence-electron chi connectivity index (χ2n) is 9.50. The highest BCUT2D eigenvalue weighted by Crippen LogP contribution is 2.25. The van der Waals surface area contributed by atoms with Crippen LogP contribution in [0.4, 0.5) is 0 Å². The van der Waals surface area contributed by atoms with Gasteiger partial charge in [-0.05, 0) is 46.0 Å². The van der Waals surface area contributed by atoms with Gasteiger partial charge in [0, 0.05) is 17.4 Å². The Bertz CT molecular complexity index is 1090. The van der Waals surface area contributed by atoms with Crippen molar-refractivity contribution in [2.45, 2.75) is 64.4 Å². The summed E-state index contributed by atoms with van der Waals surface area (Å²) >= 11 is 3.38. The van der Waals surface area contributed by atoms with E-state index in [1.54, 1.807) is 31.2 Å². The van der Waals surface area contributed by atoms with E-state index in [0.29, 0.717) is 35.8 Å². The first-order valence-electron chi connectivity index (χ1n) is 12.5. The minimum atomic E-state index is -0.851. The lowest BCUT2D eigenvalue weighted by Gasteiger charge is -2.31. The molecule has 1 fully saturated rings. The molecule has 3 rings (SSSR count). The second kappa shape index (κ2) is 13.5. The Morgan fingerprint density at radius 1 is 1.08 bits per heavy atom. The summed E-state index contributed by atoms with van der Waals surface area (Å²) in [6.45, 7) is 6.04. The van der Waals surface area contributed by atoms with E-state index in [9.17, 15) is 19.2 Å². The average Bonchev–Trinajstić information content (AvgIpc) is 3.34. The molecule has 0 unspecified atom stereocenters. The highest BCUT2D eigenvalue weighted by molar-refractivity contribution is 9.10. The van der Waals surface area contributed by atoms with Gasteiger partial charge >= 0.3 is 0 Å². The van der Waals surface area contributed by atoms with E-state index in [0.717, 1.165) is 5.56 Å². The number of amides is 3. The summed E-state index contributed by atoms with van der Waals surface area (Å²) in [4.78, 5) is 52.8. The molecule has 0 aliphatic carbocycles. The normalized spacial score (nSPS) is 18.8. The molecule has 1 saturated heterocycles. The van der Waals surface area contributed by atoms with Gasteiger partial charge in [0.25, 0.3) is 5.91 Å². The van der Waals surface area contributed by atoms with E-state index in [2.05, 4.69) is 26.6 Å². The molecule has 1 aliphatic heterocycles. The standard InChI is InChI=1S/C28H34BrN3O5/c1-4-20(16-33)30-27(35)24-14-21(37-17-19-10-6-5-7-11-19)15-32(24)28(36)25(18(2)3)31-26(34)22-12-8-9-13-23(22)29/h5-13,16,18,20-21,24-25H,4,14-15,17H2,1-3H3,(H,30,35)(H,31,34)/t20-,21+,24-,25-/m0/s1. The first-order chi connectivity index (χ1) is 17.7. The third kappa shape index (κ3) is 7.49. The van der Waals surface area contributed by atoms with Crippen LogP contribution in [0, 0.1) is 5.92 Å². The van der Waals surface area contributed by atoms with Crippen LogP contribution in [-0.4, -0.2) is 59.7 Å². The summed E-state index contributed by atoms with van der Waals surface area (Å²) in [7, 11) is 0. The van der Waals surface area contributed by atoms with Gasteiger partial charge < -0.3 is 25.1 Å². The van der Waals surface area contributed by atoms with Crippen molar-refractivity contribution in [2.75, 3.05) is 6.54 Å². The number of nitrogens with one attached hydrogen (secondary N) is 2. The van der Waals surface area contributed by atoms with Crippen LogP contribution in [0.15, 0.2) is 59.1 Å². The third-order valence-corrected chi connectivity index (χ3v) is 7.14. The van der Waals surface area contributed by atoms with Gasteiger partial charge in [-0.2, -0.15) is 0 Å². The molecule has 198 valence electrons. The van der Waals surface area contributed by atoms with Crippen molar-refractivity contribution in [1.29, 1.82) is 0 Å². The molecule has 0 aromatic heterocycles. The number of hydrogen-bond acceptors (Lipinski definition) is 5. The van der Waals surface area contributed by atoms with Crippen LogP contribution >= 0.6 is 15.9 Å². The molecule has 0 radical (unpaired) electrons. The fourth-order valence-electron chi connectivity index (χ4n) is 4.27. The van der Waals surface area contributed by atoms with Crippen molar-refractivity contribution in [3.8, 4) is 0 Å². The Morgan fingerprint density at radius 2 is 1.76 bits per heavy atom. The van der Waals surface area contributed by atoms with Crippen LogP contribution in [-0.2, 0) is 25.7 Å². The summed E-state index contributed by atoms with van der Waals surface area (Å²) in [5.41, 5.74) is 1.40. The molecule has 0 spiro atoms. The van der Waals surface area contributed by atoms with Gasteiger partial charge in [0.15, 0.2) is 0 Å². The van der Waals surface area contributed by atoms with Crippen molar-refractivity contribution in [2.24, 2.45) is 5.92 Å². The number of rotatable bonds is 11. The fraction of sp³-hybridized carbons (Fsp3) is 0.429. The lowest BCUT2D eigenvalue weighted by atomic mass is 10.0. The van der Waals surface area contributed by atoms with Crippen LogP contribution in [0.1, 0.15) is 49.5 Å². The summed E-state index contributed by atoms with van der Waals surface area (Å²) < 4.78 is 6.70. The molecular weight excluding hydrogens is 538 g/mol. The molecule has 2 aromatic carbocycles. The number of benzene rings is 2. The van der Waals surface area contributed by atoms with Crippen molar-refractivity contribution >= 4 is 39.9 Å². The Kier molecular flexibility index (Phi) is 10.4. The highest BCUT2D eigenvalue weighted by Gasteiger charge is 2.43. The van der Waals surface area contributed by atoms with Gasteiger partial charge in [0.2, 0.25) is 11.8 Å². The summed E-state index contributed by atoms with van der Waals surface area (Å²) in [5.74, 6) is -1.38. The fourth-order valence-corrected chi connectivity index (χ4v) is 4.73. The quantitative estimate of drug-likeness (QED) is 0.402. The van der Waals surface area contributed by atoms with Crippen LogP contribution in [0.5, 0.6) is 0 Å². The van der Waals surface area contributed by atoms with Gasteiger partial charge in [0.05, 0.1) is 24.3 Å². The number of carbonyl (C=O) groups excluding carboxylic acids is 4. The lowest BCUT2D eigenvalue weighted by molar-refractivity contribution is -0.141. The molecule has 3 amide bonds. The minimum Gasteiger partial charge on any atom is -0.372 e. The maximum Gasteiger partial charge on any atom is 0.253 e. The molecule has 8 nitrogen and oxygen atoms in total. The number of aldehydes is 1. The molecule has 1 heterocycles. The van der Waals surface area contributed by atoms with Gasteiger partial charge in [-0.15, -0.1) is 0 Å². The molecule has 1 aliphatic rings. The minimum absolute atomic E-state index is 0.204. The van der Waals surface area contributed by atoms with Crippen LogP contribution in [0.3, 0.4) is 0 Å². The van der Waals surface area contributed by atoms with Crippen molar-refractivity contribution in [3.63, 3.8) is 0 Å². The highest BCUT2D eigenvalue weighted by atomic mass is 79.9. The second-order valence-corrected chi connectivity index (χ2v) is 10.3. The van der Waals surface area contributed by atoms with Crippen LogP contribution < -0.4 is 10.6 Å². The van der Waals surface area contributed by atoms with Gasteiger partial charge in [0.1, 0.15) is 18.4 Å². The van der Waals surface area contributed by atoms with Gasteiger partial charge in [-0.3, -0.25) is 14.4 Å². The van der Waals surface area contributed by atoms with Crippen LogP contribution in [0.25, 0.3) is 0 Å². The van der Waals surface area contributed by atoms with E-state index >= 15 is 0 Å². The predicted octanol–water partition coefficient (Wildman–Crippen LogP) is 3.48. The number of hydrogen-bond donors (Lipinski definition) is 2. The first kappa shape index (κ1) is 28.5. The Hall–Kier alpha value is -3.04. The number of likely N-dealkylation sites (tertiary alicyclic amines) is 1. The largest absolute Gasteiger partial charge is 0.372 e. The van der Waals surface area contributed by atoms with Crippen molar-refractivity contribution < 1.29 is 23.9 Å². The lowest BCUT2D eigenvalue weighted by Crippen LogP contribution is -2.56. The summed E-state index contributed by atoms with van der Waals surface area (Å²) in [6, 6.07) is 14.3. The number of halogens is 1. The molecule has 9 heteroatoms. The average molecular weight is 573 g/mol. The molecule has 2 N–H and O–H groups in total. The van der Waals surface area contributed by atoms with Crippen LogP contribution in [0.2, 0.25) is 0 Å². The molecule has 4 atom stereocenters. The maximum atomic E-state index is 13.8. The molecule has 0 saturated carbocycles. The number of ether oxygens (including phenoxy) is 1. The van der Waals surface area contributed by atoms with E-state index in [-0.39, 0.29) is 30.4 Å². The van der Waals surface area contributed by atoms with E-state index < -0.39 is 24.0 Å². The SMILES string of the molecule is CC[C@@H](C=O)NC(=O)[C@@H]1C[C@@H](OCc2ccccc2)CN1C(=O)[C@@H](NC(=O)c1ccccc1Br)C(C)C. The van der Waals surface area contributed by atoms with Crippen molar-refractivity contribution in [1.82, 2.24) is 15.5 Å². The van der Waals surface area contributed by atoms with E-state index in [1.165, 1.54) is 4.90 Å². The maximum absolute atomic E-state index is 13.8. The zero-order chi connectivity index (χ0) is 26.9. The zero-order valence-corrected chi connectivity index (χ0v) is 22.9. The Labute approximate surface area is 226 Å². The zero-order valence-electron chi connectivity index (χ0n) is 21.4.